The Morgan fingerprint density at radius 1 is 0.950 bits per heavy atom. The molecule has 101 valence electrons. The van der Waals surface area contributed by atoms with Crippen LogP contribution in [0.15, 0.2) is 65.7 Å². The van der Waals surface area contributed by atoms with Gasteiger partial charge < -0.3 is 0 Å². The quantitative estimate of drug-likeness (QED) is 0.739. The van der Waals surface area contributed by atoms with Gasteiger partial charge in [-0.3, -0.25) is 0 Å². The average molecular weight is 284 g/mol. The highest BCUT2D eigenvalue weighted by Crippen LogP contribution is 2.25. The Kier molecular flexibility index (Phi) is 3.10. The fourth-order valence-corrected chi connectivity index (χ4v) is 3.70. The minimum atomic E-state index is -3.54. The Balaban J connectivity index is 2.26. The first-order valence-corrected chi connectivity index (χ1v) is 7.78. The summed E-state index contributed by atoms with van der Waals surface area (Å²) in [6.45, 7) is 1.94. The molecular formula is C16H14NO2S. The topological polar surface area (TPSA) is 39.1 Å². The van der Waals surface area contributed by atoms with E-state index in [9.17, 15) is 8.42 Å². The molecule has 1 radical (unpaired) electrons. The van der Waals surface area contributed by atoms with E-state index in [1.54, 1.807) is 36.5 Å². The summed E-state index contributed by atoms with van der Waals surface area (Å²) in [5, 5.41) is 0.939. The van der Waals surface area contributed by atoms with Crippen molar-refractivity contribution in [1.29, 1.82) is 0 Å². The van der Waals surface area contributed by atoms with Crippen LogP contribution in [0.1, 0.15) is 12.5 Å². The van der Waals surface area contributed by atoms with E-state index in [1.807, 2.05) is 37.6 Å². The van der Waals surface area contributed by atoms with Crippen LogP contribution in [0.5, 0.6) is 0 Å². The summed E-state index contributed by atoms with van der Waals surface area (Å²) >= 11 is 0. The van der Waals surface area contributed by atoms with Crippen LogP contribution >= 0.6 is 0 Å². The van der Waals surface area contributed by atoms with Crippen molar-refractivity contribution in [3.63, 3.8) is 0 Å². The molecule has 0 aliphatic carbocycles. The first kappa shape index (κ1) is 12.9. The van der Waals surface area contributed by atoms with Gasteiger partial charge in [0.25, 0.3) is 10.0 Å². The second-order valence-corrected chi connectivity index (χ2v) is 6.31. The lowest BCUT2D eigenvalue weighted by molar-refractivity contribution is 0.589. The Bertz CT molecular complexity index is 849. The normalized spacial score (nSPS) is 11.8. The van der Waals surface area contributed by atoms with E-state index in [0.717, 1.165) is 10.9 Å². The molecule has 3 nitrogen and oxygen atoms in total. The molecule has 0 saturated carbocycles. The lowest BCUT2D eigenvalue weighted by atomic mass is 10.1. The number of fused-ring (bicyclic) bond motifs is 1. The van der Waals surface area contributed by atoms with Crippen molar-refractivity contribution in [2.75, 3.05) is 0 Å². The molecular weight excluding hydrogens is 270 g/mol. The highest BCUT2D eigenvalue weighted by atomic mass is 32.2. The molecule has 0 aliphatic rings. The molecule has 0 amide bonds. The number of benzene rings is 2. The number of nitrogens with zero attached hydrogens (tertiary/aromatic N) is 1. The van der Waals surface area contributed by atoms with Crippen LogP contribution in [-0.2, 0) is 10.0 Å². The van der Waals surface area contributed by atoms with Crippen LogP contribution < -0.4 is 0 Å². The molecule has 0 bridgehead atoms. The maximum Gasteiger partial charge on any atom is 0.268 e. The Morgan fingerprint density at radius 3 is 2.40 bits per heavy atom. The number of hydrogen-bond donors (Lipinski definition) is 0. The molecule has 3 rings (SSSR count). The molecule has 4 heteroatoms. The minimum Gasteiger partial charge on any atom is -0.241 e. The zero-order valence-corrected chi connectivity index (χ0v) is 11.8. The predicted octanol–water partition coefficient (Wildman–Crippen LogP) is 3.45. The molecule has 0 atom stereocenters. The molecule has 0 aliphatic heterocycles. The zero-order valence-electron chi connectivity index (χ0n) is 11.0. The van der Waals surface area contributed by atoms with Crippen molar-refractivity contribution in [3.05, 3.63) is 72.8 Å². The first-order valence-electron chi connectivity index (χ1n) is 6.34. The summed E-state index contributed by atoms with van der Waals surface area (Å²) < 4.78 is 26.7. The van der Waals surface area contributed by atoms with E-state index in [1.165, 1.54) is 3.97 Å². The molecule has 1 aromatic heterocycles. The van der Waals surface area contributed by atoms with Gasteiger partial charge in [-0.1, -0.05) is 37.3 Å². The van der Waals surface area contributed by atoms with Gasteiger partial charge in [0.1, 0.15) is 0 Å². The molecule has 0 unspecified atom stereocenters. The van der Waals surface area contributed by atoms with Gasteiger partial charge in [0.15, 0.2) is 0 Å². The molecule has 0 spiro atoms. The van der Waals surface area contributed by atoms with E-state index < -0.39 is 10.0 Å². The van der Waals surface area contributed by atoms with E-state index >= 15 is 0 Å². The van der Waals surface area contributed by atoms with Crippen molar-refractivity contribution in [2.24, 2.45) is 0 Å². The van der Waals surface area contributed by atoms with Gasteiger partial charge in [-0.2, -0.15) is 0 Å². The van der Waals surface area contributed by atoms with Crippen molar-refractivity contribution >= 4 is 20.9 Å². The van der Waals surface area contributed by atoms with Gasteiger partial charge in [-0.15, -0.1) is 0 Å². The Labute approximate surface area is 118 Å². The van der Waals surface area contributed by atoms with E-state index in [2.05, 4.69) is 0 Å². The van der Waals surface area contributed by atoms with Gasteiger partial charge in [0, 0.05) is 11.6 Å². The van der Waals surface area contributed by atoms with Crippen LogP contribution in [0.2, 0.25) is 0 Å². The van der Waals surface area contributed by atoms with Gasteiger partial charge >= 0.3 is 0 Å². The lowest BCUT2D eigenvalue weighted by Crippen LogP contribution is -2.11. The standard InChI is InChI=1S/C16H14NO2S/c1-2-13-7-6-10-16-15(13)11-12-17(16)20(18,19)14-8-4-3-5-9-14/h2-12H,1H3. The SMILES string of the molecule is C[CH]c1cccc2c1ccn2S(=O)(=O)c1ccccc1. The highest BCUT2D eigenvalue weighted by molar-refractivity contribution is 7.90. The third-order valence-corrected chi connectivity index (χ3v) is 5.05. The lowest BCUT2D eigenvalue weighted by Gasteiger charge is -2.08. The van der Waals surface area contributed by atoms with E-state index in [-0.39, 0.29) is 0 Å². The Hall–Kier alpha value is -2.07. The largest absolute Gasteiger partial charge is 0.268 e. The van der Waals surface area contributed by atoms with Crippen molar-refractivity contribution < 1.29 is 8.42 Å². The zero-order chi connectivity index (χ0) is 14.2. The van der Waals surface area contributed by atoms with Gasteiger partial charge in [-0.25, -0.2) is 12.4 Å². The van der Waals surface area contributed by atoms with Gasteiger partial charge in [0.2, 0.25) is 0 Å². The second-order valence-electron chi connectivity index (χ2n) is 4.50. The van der Waals surface area contributed by atoms with Crippen LogP contribution in [0.3, 0.4) is 0 Å². The maximum absolute atomic E-state index is 12.7. The second kappa shape index (κ2) is 4.80. The fraction of sp³-hybridized carbons (Fsp3) is 0.0625. The first-order chi connectivity index (χ1) is 9.64. The Morgan fingerprint density at radius 2 is 1.70 bits per heavy atom. The minimum absolute atomic E-state index is 0.295. The summed E-state index contributed by atoms with van der Waals surface area (Å²) in [6, 6.07) is 16.0. The van der Waals surface area contributed by atoms with E-state index in [4.69, 9.17) is 0 Å². The molecule has 0 N–H and O–H groups in total. The molecule has 20 heavy (non-hydrogen) atoms. The summed E-state index contributed by atoms with van der Waals surface area (Å²) in [5.41, 5.74) is 1.73. The number of aromatic nitrogens is 1. The van der Waals surface area contributed by atoms with Crippen LogP contribution in [-0.4, -0.2) is 12.4 Å². The average Bonchev–Trinajstić information content (AvgIpc) is 2.92. The van der Waals surface area contributed by atoms with E-state index in [0.29, 0.717) is 10.4 Å². The summed E-state index contributed by atoms with van der Waals surface area (Å²) in [7, 11) is -3.54. The van der Waals surface area contributed by atoms with Crippen LogP contribution in [0.4, 0.5) is 0 Å². The summed E-state index contributed by atoms with van der Waals surface area (Å²) in [4.78, 5) is 0.295. The van der Waals surface area contributed by atoms with Crippen LogP contribution in [0.25, 0.3) is 10.9 Å². The van der Waals surface area contributed by atoms with Gasteiger partial charge in [0.05, 0.1) is 10.4 Å². The van der Waals surface area contributed by atoms with Crippen molar-refractivity contribution in [2.45, 2.75) is 11.8 Å². The molecule has 1 heterocycles. The third kappa shape index (κ3) is 1.93. The highest BCUT2D eigenvalue weighted by Gasteiger charge is 2.18. The molecule has 2 aromatic carbocycles. The smallest absolute Gasteiger partial charge is 0.241 e. The molecule has 3 aromatic rings. The predicted molar refractivity (Wildman–Crippen MR) is 80.0 cm³/mol. The maximum atomic E-state index is 12.7. The monoisotopic (exact) mass is 284 g/mol. The van der Waals surface area contributed by atoms with Crippen molar-refractivity contribution in [1.82, 2.24) is 3.97 Å². The number of hydrogen-bond acceptors (Lipinski definition) is 2. The number of rotatable bonds is 3. The van der Waals surface area contributed by atoms with Crippen LogP contribution in [0, 0.1) is 6.42 Å². The summed E-state index contributed by atoms with van der Waals surface area (Å²) in [5.74, 6) is 0. The van der Waals surface area contributed by atoms with Crippen molar-refractivity contribution in [3.8, 4) is 0 Å². The molecule has 0 fully saturated rings. The fourth-order valence-electron chi connectivity index (χ4n) is 2.33. The van der Waals surface area contributed by atoms with Gasteiger partial charge in [-0.05, 0) is 36.2 Å². The third-order valence-electron chi connectivity index (χ3n) is 3.34. The molecule has 0 saturated heterocycles. The summed E-state index contributed by atoms with van der Waals surface area (Å²) in [6.07, 6.45) is 3.59.